The van der Waals surface area contributed by atoms with Gasteiger partial charge >= 0.3 is 0 Å². The quantitative estimate of drug-likeness (QED) is 0.683. The van der Waals surface area contributed by atoms with Gasteiger partial charge in [-0.3, -0.25) is 0 Å². The molecule has 1 nitrogen and oxygen atoms in total. The summed E-state index contributed by atoms with van der Waals surface area (Å²) in [4.78, 5) is 0. The highest BCUT2D eigenvalue weighted by Crippen LogP contribution is 2.22. The monoisotopic (exact) mass is 217 g/mol. The maximum atomic E-state index is 3.58. The number of hydrogen-bond acceptors (Lipinski definition) is 2. The molecule has 0 saturated heterocycles. The molecule has 14 heavy (non-hydrogen) atoms. The number of hydrogen-bond donors (Lipinski definition) is 1. The Hall–Kier alpha value is 0.310. The second-order valence-electron chi connectivity index (χ2n) is 5.71. The predicted molar refractivity (Wildman–Crippen MR) is 69.2 cm³/mol. The zero-order chi connectivity index (χ0) is 11.2. The molecule has 0 saturated carbocycles. The molecule has 0 atom stereocenters. The molecule has 0 spiro atoms. The van der Waals surface area contributed by atoms with E-state index in [1.54, 1.807) is 0 Å². The first-order valence-electron chi connectivity index (χ1n) is 5.60. The van der Waals surface area contributed by atoms with E-state index in [1.165, 1.54) is 17.9 Å². The number of rotatable bonds is 6. The minimum absolute atomic E-state index is 0.245. The lowest BCUT2D eigenvalue weighted by Crippen LogP contribution is -2.42. The molecule has 0 aliphatic rings. The zero-order valence-electron chi connectivity index (χ0n) is 10.7. The third-order valence-electron chi connectivity index (χ3n) is 2.22. The Morgan fingerprint density at radius 2 is 1.64 bits per heavy atom. The van der Waals surface area contributed by atoms with Crippen molar-refractivity contribution in [2.75, 3.05) is 18.1 Å². The van der Waals surface area contributed by atoms with Crippen molar-refractivity contribution in [1.82, 2.24) is 5.32 Å². The van der Waals surface area contributed by atoms with Crippen molar-refractivity contribution < 1.29 is 0 Å². The van der Waals surface area contributed by atoms with Gasteiger partial charge in [0.15, 0.2) is 0 Å². The van der Waals surface area contributed by atoms with Gasteiger partial charge in [-0.2, -0.15) is 11.8 Å². The van der Waals surface area contributed by atoms with Crippen molar-refractivity contribution in [2.45, 2.75) is 53.5 Å². The summed E-state index contributed by atoms with van der Waals surface area (Å²) in [6.07, 6.45) is 1.30. The first kappa shape index (κ1) is 14.3. The Balaban J connectivity index is 3.72. The summed E-state index contributed by atoms with van der Waals surface area (Å²) >= 11 is 2.04. The van der Waals surface area contributed by atoms with Crippen LogP contribution in [-0.2, 0) is 0 Å². The SMILES string of the molecule is CCSCCC(C)(C)CNC(C)(C)C. The fourth-order valence-electron chi connectivity index (χ4n) is 1.09. The summed E-state index contributed by atoms with van der Waals surface area (Å²) < 4.78 is 0. The highest BCUT2D eigenvalue weighted by atomic mass is 32.2. The summed E-state index contributed by atoms with van der Waals surface area (Å²) in [5.74, 6) is 2.53. The maximum absolute atomic E-state index is 3.58. The van der Waals surface area contributed by atoms with Gasteiger partial charge in [0, 0.05) is 12.1 Å². The molecule has 1 N–H and O–H groups in total. The molecule has 0 aliphatic carbocycles. The molecular weight excluding hydrogens is 190 g/mol. The van der Waals surface area contributed by atoms with E-state index >= 15 is 0 Å². The molecule has 0 amide bonds. The molecule has 0 rings (SSSR count). The molecule has 0 aromatic carbocycles. The van der Waals surface area contributed by atoms with Crippen LogP contribution in [0.2, 0.25) is 0 Å². The van der Waals surface area contributed by atoms with Gasteiger partial charge in [0.05, 0.1) is 0 Å². The van der Waals surface area contributed by atoms with Crippen LogP contribution in [0.3, 0.4) is 0 Å². The Kier molecular flexibility index (Phi) is 6.15. The standard InChI is InChI=1S/C12H27NS/c1-7-14-9-8-12(5,6)10-13-11(2,3)4/h13H,7-10H2,1-6H3. The van der Waals surface area contributed by atoms with E-state index in [4.69, 9.17) is 0 Å². The van der Waals surface area contributed by atoms with Crippen LogP contribution in [0.15, 0.2) is 0 Å². The van der Waals surface area contributed by atoms with E-state index in [9.17, 15) is 0 Å². The van der Waals surface area contributed by atoms with Crippen molar-refractivity contribution >= 4 is 11.8 Å². The van der Waals surface area contributed by atoms with Crippen molar-refractivity contribution in [3.05, 3.63) is 0 Å². The number of thioether (sulfide) groups is 1. The van der Waals surface area contributed by atoms with E-state index in [1.807, 2.05) is 11.8 Å². The summed E-state index contributed by atoms with van der Waals surface area (Å²) in [6.45, 7) is 14.7. The van der Waals surface area contributed by atoms with Gasteiger partial charge in [0.2, 0.25) is 0 Å². The molecule has 0 heterocycles. The smallest absolute Gasteiger partial charge is 0.00967 e. The average Bonchev–Trinajstić information content (AvgIpc) is 2.00. The van der Waals surface area contributed by atoms with Crippen molar-refractivity contribution in [2.24, 2.45) is 5.41 Å². The third-order valence-corrected chi connectivity index (χ3v) is 3.13. The van der Waals surface area contributed by atoms with E-state index in [0.717, 1.165) is 6.54 Å². The topological polar surface area (TPSA) is 12.0 Å². The lowest BCUT2D eigenvalue weighted by molar-refractivity contribution is 0.284. The van der Waals surface area contributed by atoms with E-state index in [-0.39, 0.29) is 5.54 Å². The normalized spacial score (nSPS) is 13.3. The molecule has 0 aliphatic heterocycles. The molecule has 0 bridgehead atoms. The lowest BCUT2D eigenvalue weighted by atomic mass is 9.89. The Bertz CT molecular complexity index is 147. The minimum Gasteiger partial charge on any atom is -0.312 e. The highest BCUT2D eigenvalue weighted by molar-refractivity contribution is 7.99. The predicted octanol–water partition coefficient (Wildman–Crippen LogP) is 3.54. The van der Waals surface area contributed by atoms with Crippen LogP contribution in [0.1, 0.15) is 48.0 Å². The van der Waals surface area contributed by atoms with Gasteiger partial charge in [-0.1, -0.05) is 20.8 Å². The van der Waals surface area contributed by atoms with Crippen molar-refractivity contribution in [1.29, 1.82) is 0 Å². The second kappa shape index (κ2) is 6.02. The number of nitrogens with one attached hydrogen (secondary N) is 1. The van der Waals surface area contributed by atoms with Crippen molar-refractivity contribution in [3.63, 3.8) is 0 Å². The molecule has 86 valence electrons. The first-order chi connectivity index (χ1) is 6.27. The van der Waals surface area contributed by atoms with Crippen LogP contribution in [0.5, 0.6) is 0 Å². The highest BCUT2D eigenvalue weighted by Gasteiger charge is 2.20. The molecule has 0 unspecified atom stereocenters. The average molecular weight is 217 g/mol. The van der Waals surface area contributed by atoms with Crippen LogP contribution in [0.25, 0.3) is 0 Å². The van der Waals surface area contributed by atoms with Crippen LogP contribution < -0.4 is 5.32 Å². The summed E-state index contributed by atoms with van der Waals surface area (Å²) in [5, 5.41) is 3.58. The molecular formula is C12H27NS. The third kappa shape index (κ3) is 8.89. The lowest BCUT2D eigenvalue weighted by Gasteiger charge is -2.30. The summed E-state index contributed by atoms with van der Waals surface area (Å²) in [5.41, 5.74) is 0.671. The minimum atomic E-state index is 0.245. The Morgan fingerprint density at radius 1 is 1.07 bits per heavy atom. The van der Waals surface area contributed by atoms with Crippen LogP contribution in [0, 0.1) is 5.41 Å². The van der Waals surface area contributed by atoms with Gasteiger partial charge in [-0.05, 0) is 44.1 Å². The molecule has 2 heteroatoms. The Morgan fingerprint density at radius 3 is 2.07 bits per heavy atom. The molecule has 0 aromatic heterocycles. The van der Waals surface area contributed by atoms with Gasteiger partial charge in [0.1, 0.15) is 0 Å². The fraction of sp³-hybridized carbons (Fsp3) is 1.00. The van der Waals surface area contributed by atoms with Crippen LogP contribution in [-0.4, -0.2) is 23.6 Å². The van der Waals surface area contributed by atoms with E-state index in [2.05, 4.69) is 46.9 Å². The summed E-state index contributed by atoms with van der Waals surface area (Å²) in [6, 6.07) is 0. The van der Waals surface area contributed by atoms with E-state index < -0.39 is 0 Å². The largest absolute Gasteiger partial charge is 0.312 e. The van der Waals surface area contributed by atoms with Crippen LogP contribution >= 0.6 is 11.8 Å². The molecule has 0 aromatic rings. The maximum Gasteiger partial charge on any atom is 0.00967 e. The molecule has 0 fully saturated rings. The second-order valence-corrected chi connectivity index (χ2v) is 7.11. The Labute approximate surface area is 94.4 Å². The molecule has 0 radical (unpaired) electrons. The van der Waals surface area contributed by atoms with Crippen molar-refractivity contribution in [3.8, 4) is 0 Å². The van der Waals surface area contributed by atoms with Gasteiger partial charge in [0.25, 0.3) is 0 Å². The first-order valence-corrected chi connectivity index (χ1v) is 6.75. The fourth-order valence-corrected chi connectivity index (χ4v) is 2.07. The summed E-state index contributed by atoms with van der Waals surface area (Å²) in [7, 11) is 0. The van der Waals surface area contributed by atoms with Gasteiger partial charge < -0.3 is 5.32 Å². The van der Waals surface area contributed by atoms with Gasteiger partial charge in [-0.25, -0.2) is 0 Å². The van der Waals surface area contributed by atoms with Crippen LogP contribution in [0.4, 0.5) is 0 Å². The zero-order valence-corrected chi connectivity index (χ0v) is 11.6. The van der Waals surface area contributed by atoms with Gasteiger partial charge in [-0.15, -0.1) is 0 Å². The van der Waals surface area contributed by atoms with E-state index in [0.29, 0.717) is 5.41 Å².